The molecular weight excluding hydrogens is 427 g/mol. The van der Waals surface area contributed by atoms with Gasteiger partial charge in [0.25, 0.3) is 10.0 Å². The zero-order valence-corrected chi connectivity index (χ0v) is 17.7. The van der Waals surface area contributed by atoms with E-state index in [4.69, 9.17) is 11.6 Å². The molecule has 30 heavy (non-hydrogen) atoms. The van der Waals surface area contributed by atoms with E-state index in [2.05, 4.69) is 5.32 Å². The fraction of sp³-hybridized carbons (Fsp3) is 0.136. The number of rotatable bonds is 7. The van der Waals surface area contributed by atoms with Crippen LogP contribution in [0, 0.1) is 5.82 Å². The lowest BCUT2D eigenvalue weighted by molar-refractivity contribution is -0.120. The summed E-state index contributed by atoms with van der Waals surface area (Å²) in [6.07, 6.45) is 0. The normalized spacial score (nSPS) is 12.2. The van der Waals surface area contributed by atoms with Crippen LogP contribution in [0.4, 0.5) is 10.1 Å². The number of nitrogens with zero attached hydrogens (tertiary/aromatic N) is 1. The molecule has 5 nitrogen and oxygen atoms in total. The average molecular weight is 447 g/mol. The molecule has 1 amide bonds. The minimum absolute atomic E-state index is 0.0596. The number of carbonyl (C=O) groups is 1. The van der Waals surface area contributed by atoms with E-state index in [0.717, 1.165) is 4.31 Å². The highest BCUT2D eigenvalue weighted by Crippen LogP contribution is 2.26. The van der Waals surface area contributed by atoms with Crippen molar-refractivity contribution in [3.63, 3.8) is 0 Å². The Morgan fingerprint density at radius 2 is 1.70 bits per heavy atom. The van der Waals surface area contributed by atoms with Gasteiger partial charge in [-0.1, -0.05) is 48.0 Å². The Morgan fingerprint density at radius 3 is 2.33 bits per heavy atom. The van der Waals surface area contributed by atoms with Gasteiger partial charge in [0.1, 0.15) is 12.4 Å². The summed E-state index contributed by atoms with van der Waals surface area (Å²) in [6, 6.07) is 19.5. The second-order valence-corrected chi connectivity index (χ2v) is 8.94. The molecule has 0 aliphatic carbocycles. The number of sulfonamides is 1. The quantitative estimate of drug-likeness (QED) is 0.579. The van der Waals surface area contributed by atoms with Crippen LogP contribution in [-0.4, -0.2) is 20.9 Å². The zero-order chi connectivity index (χ0) is 21.7. The molecule has 0 aliphatic rings. The standard InChI is InChI=1S/C22H20ClFN2O3S/c1-16(17-10-12-19(24)13-11-17)25-22(27)15-26(20-7-5-6-18(23)14-20)30(28,29)21-8-3-2-4-9-21/h2-14,16H,15H2,1H3,(H,25,27). The van der Waals surface area contributed by atoms with Gasteiger partial charge in [-0.25, -0.2) is 12.8 Å². The maximum Gasteiger partial charge on any atom is 0.264 e. The molecule has 3 aromatic rings. The monoisotopic (exact) mass is 446 g/mol. The van der Waals surface area contributed by atoms with E-state index in [1.165, 1.54) is 30.3 Å². The van der Waals surface area contributed by atoms with Crippen LogP contribution in [0.15, 0.2) is 83.8 Å². The number of hydrogen-bond donors (Lipinski definition) is 1. The average Bonchev–Trinajstić information content (AvgIpc) is 2.73. The molecular formula is C22H20ClFN2O3S. The van der Waals surface area contributed by atoms with Gasteiger partial charge in [-0.15, -0.1) is 0 Å². The van der Waals surface area contributed by atoms with Crippen LogP contribution in [0.3, 0.4) is 0 Å². The number of hydrogen-bond acceptors (Lipinski definition) is 3. The van der Waals surface area contributed by atoms with Crippen LogP contribution in [0.5, 0.6) is 0 Å². The van der Waals surface area contributed by atoms with Gasteiger partial charge >= 0.3 is 0 Å². The van der Waals surface area contributed by atoms with Gasteiger partial charge in [0.05, 0.1) is 16.6 Å². The van der Waals surface area contributed by atoms with Crippen LogP contribution >= 0.6 is 11.6 Å². The number of halogens is 2. The third-order valence-electron chi connectivity index (χ3n) is 4.46. The molecule has 0 saturated carbocycles. The molecule has 156 valence electrons. The second-order valence-electron chi connectivity index (χ2n) is 6.65. The van der Waals surface area contributed by atoms with Crippen molar-refractivity contribution in [2.75, 3.05) is 10.8 Å². The summed E-state index contributed by atoms with van der Waals surface area (Å²) in [5, 5.41) is 3.10. The lowest BCUT2D eigenvalue weighted by Gasteiger charge is -2.25. The number of nitrogens with one attached hydrogen (secondary N) is 1. The van der Waals surface area contributed by atoms with Gasteiger partial charge in [-0.05, 0) is 55.0 Å². The maximum atomic E-state index is 13.2. The predicted octanol–water partition coefficient (Wildman–Crippen LogP) is 4.55. The molecule has 0 fully saturated rings. The van der Waals surface area contributed by atoms with Crippen molar-refractivity contribution in [1.82, 2.24) is 5.32 Å². The smallest absolute Gasteiger partial charge is 0.264 e. The predicted molar refractivity (Wildman–Crippen MR) is 115 cm³/mol. The Kier molecular flexibility index (Phi) is 6.74. The van der Waals surface area contributed by atoms with Crippen molar-refractivity contribution in [2.24, 2.45) is 0 Å². The highest BCUT2D eigenvalue weighted by atomic mass is 35.5. The first-order valence-electron chi connectivity index (χ1n) is 9.15. The molecule has 0 aliphatic heterocycles. The van der Waals surface area contributed by atoms with Crippen LogP contribution in [0.2, 0.25) is 5.02 Å². The zero-order valence-electron chi connectivity index (χ0n) is 16.1. The fourth-order valence-electron chi connectivity index (χ4n) is 2.92. The van der Waals surface area contributed by atoms with Gasteiger partial charge in [0, 0.05) is 5.02 Å². The first-order chi connectivity index (χ1) is 14.3. The van der Waals surface area contributed by atoms with Crippen LogP contribution < -0.4 is 9.62 Å². The van der Waals surface area contributed by atoms with E-state index in [1.807, 2.05) is 0 Å². The van der Waals surface area contributed by atoms with Gasteiger partial charge in [0.15, 0.2) is 0 Å². The highest BCUT2D eigenvalue weighted by Gasteiger charge is 2.27. The largest absolute Gasteiger partial charge is 0.348 e. The molecule has 1 unspecified atom stereocenters. The molecule has 1 atom stereocenters. The van der Waals surface area contributed by atoms with Crippen LogP contribution in [-0.2, 0) is 14.8 Å². The molecule has 0 heterocycles. The van der Waals surface area contributed by atoms with Gasteiger partial charge in [-0.2, -0.15) is 0 Å². The van der Waals surface area contributed by atoms with Crippen molar-refractivity contribution in [3.05, 3.63) is 95.3 Å². The fourth-order valence-corrected chi connectivity index (χ4v) is 4.54. The van der Waals surface area contributed by atoms with Gasteiger partial charge < -0.3 is 5.32 Å². The number of benzene rings is 3. The Hall–Kier alpha value is -2.90. The Labute approximate surface area is 180 Å². The first-order valence-corrected chi connectivity index (χ1v) is 11.0. The third-order valence-corrected chi connectivity index (χ3v) is 6.49. The maximum absolute atomic E-state index is 13.2. The molecule has 0 spiro atoms. The topological polar surface area (TPSA) is 66.5 Å². The Bertz CT molecular complexity index is 1120. The molecule has 0 saturated heterocycles. The summed E-state index contributed by atoms with van der Waals surface area (Å²) < 4.78 is 40.6. The molecule has 3 aromatic carbocycles. The van der Waals surface area contributed by atoms with Gasteiger partial charge in [-0.3, -0.25) is 9.10 Å². The van der Waals surface area contributed by atoms with E-state index in [0.29, 0.717) is 10.6 Å². The molecule has 0 radical (unpaired) electrons. The van der Waals surface area contributed by atoms with E-state index in [-0.39, 0.29) is 16.4 Å². The molecule has 3 rings (SSSR count). The summed E-state index contributed by atoms with van der Waals surface area (Å²) in [7, 11) is -4.01. The Morgan fingerprint density at radius 1 is 1.03 bits per heavy atom. The van der Waals surface area contributed by atoms with Crippen LogP contribution in [0.1, 0.15) is 18.5 Å². The first kappa shape index (κ1) is 21.8. The second kappa shape index (κ2) is 9.28. The summed E-state index contributed by atoms with van der Waals surface area (Å²) in [6.45, 7) is 1.30. The van der Waals surface area contributed by atoms with Crippen molar-refractivity contribution in [2.45, 2.75) is 17.9 Å². The molecule has 0 bridgehead atoms. The van der Waals surface area contributed by atoms with E-state index in [1.54, 1.807) is 55.5 Å². The van der Waals surface area contributed by atoms with Crippen molar-refractivity contribution in [3.8, 4) is 0 Å². The third kappa shape index (κ3) is 5.17. The van der Waals surface area contributed by atoms with Crippen molar-refractivity contribution >= 4 is 33.2 Å². The lowest BCUT2D eigenvalue weighted by atomic mass is 10.1. The minimum Gasteiger partial charge on any atom is -0.348 e. The van der Waals surface area contributed by atoms with Crippen molar-refractivity contribution < 1.29 is 17.6 Å². The summed E-state index contributed by atoms with van der Waals surface area (Å²) in [5.41, 5.74) is 0.973. The Balaban J connectivity index is 1.87. The van der Waals surface area contributed by atoms with Gasteiger partial charge in [0.2, 0.25) is 5.91 Å². The number of anilines is 1. The van der Waals surface area contributed by atoms with E-state index < -0.39 is 28.5 Å². The summed E-state index contributed by atoms with van der Waals surface area (Å²) in [5.74, 6) is -0.885. The van der Waals surface area contributed by atoms with Crippen molar-refractivity contribution in [1.29, 1.82) is 0 Å². The van der Waals surface area contributed by atoms with E-state index in [9.17, 15) is 17.6 Å². The SMILES string of the molecule is CC(NC(=O)CN(c1cccc(Cl)c1)S(=O)(=O)c1ccccc1)c1ccc(F)cc1. The number of amides is 1. The van der Waals surface area contributed by atoms with Crippen LogP contribution in [0.25, 0.3) is 0 Å². The molecule has 8 heteroatoms. The molecule has 0 aromatic heterocycles. The summed E-state index contributed by atoms with van der Waals surface area (Å²) in [4.78, 5) is 12.8. The molecule has 1 N–H and O–H groups in total. The summed E-state index contributed by atoms with van der Waals surface area (Å²) >= 11 is 6.05. The number of carbonyl (C=O) groups excluding carboxylic acids is 1. The van der Waals surface area contributed by atoms with E-state index >= 15 is 0 Å². The highest BCUT2D eigenvalue weighted by molar-refractivity contribution is 7.92. The minimum atomic E-state index is -4.01. The lowest BCUT2D eigenvalue weighted by Crippen LogP contribution is -2.41.